The summed E-state index contributed by atoms with van der Waals surface area (Å²) in [5.41, 5.74) is 8.40. The number of aromatic nitrogens is 4. The summed E-state index contributed by atoms with van der Waals surface area (Å²) in [7, 11) is 0. The molecule has 0 spiro atoms. The van der Waals surface area contributed by atoms with Gasteiger partial charge in [-0.15, -0.1) is 0 Å². The number of imidazole rings is 1. The molecule has 98 valence electrons. The van der Waals surface area contributed by atoms with Gasteiger partial charge >= 0.3 is 0 Å². The normalized spacial score (nSPS) is 11.3. The van der Waals surface area contributed by atoms with E-state index in [4.69, 9.17) is 10.2 Å². The Kier molecular flexibility index (Phi) is 2.70. The zero-order chi connectivity index (χ0) is 13.4. The van der Waals surface area contributed by atoms with Crippen molar-refractivity contribution in [3.05, 3.63) is 35.7 Å². The van der Waals surface area contributed by atoms with Gasteiger partial charge in [0.05, 0.1) is 6.20 Å². The molecule has 0 aromatic carbocycles. The fraction of sp³-hybridized carbons (Fsp3) is 0.308. The number of nitrogens with two attached hydrogens (primary N) is 1. The number of pyridine rings is 1. The number of nitrogen functional groups attached to an aromatic ring is 1. The maximum Gasteiger partial charge on any atom is 0.214 e. The van der Waals surface area contributed by atoms with Gasteiger partial charge in [-0.1, -0.05) is 6.92 Å². The molecule has 0 atom stereocenters. The van der Waals surface area contributed by atoms with Crippen molar-refractivity contribution in [2.75, 3.05) is 5.73 Å². The Bertz CT molecular complexity index is 728. The van der Waals surface area contributed by atoms with E-state index in [1.54, 1.807) is 6.20 Å². The quantitative estimate of drug-likeness (QED) is 0.775. The van der Waals surface area contributed by atoms with Crippen LogP contribution in [-0.4, -0.2) is 19.5 Å². The Balaban J connectivity index is 2.04. The molecule has 3 rings (SSSR count). The summed E-state index contributed by atoms with van der Waals surface area (Å²) in [6, 6.07) is 3.83. The number of oxazole rings is 1. The Hall–Kier alpha value is -2.37. The Labute approximate surface area is 110 Å². The van der Waals surface area contributed by atoms with Crippen LogP contribution in [0.3, 0.4) is 0 Å². The molecule has 0 aliphatic heterocycles. The van der Waals surface area contributed by atoms with Crippen LogP contribution in [0, 0.1) is 6.92 Å². The van der Waals surface area contributed by atoms with Gasteiger partial charge in [0.2, 0.25) is 11.8 Å². The van der Waals surface area contributed by atoms with Gasteiger partial charge in [-0.05, 0) is 19.1 Å². The highest BCUT2D eigenvalue weighted by atomic mass is 16.4. The van der Waals surface area contributed by atoms with Crippen molar-refractivity contribution in [1.82, 2.24) is 19.5 Å². The van der Waals surface area contributed by atoms with E-state index in [1.165, 1.54) is 0 Å². The number of anilines is 1. The van der Waals surface area contributed by atoms with Gasteiger partial charge in [-0.2, -0.15) is 0 Å². The fourth-order valence-corrected chi connectivity index (χ4v) is 1.99. The van der Waals surface area contributed by atoms with E-state index in [-0.39, 0.29) is 0 Å². The van der Waals surface area contributed by atoms with E-state index in [1.807, 2.05) is 30.5 Å². The number of aryl methyl sites for hydroxylation is 2. The average Bonchev–Trinajstić information content (AvgIpc) is 2.96. The van der Waals surface area contributed by atoms with E-state index >= 15 is 0 Å². The number of hydrogen-bond donors (Lipinski definition) is 1. The van der Waals surface area contributed by atoms with Gasteiger partial charge in [0.15, 0.2) is 5.65 Å². The minimum Gasteiger partial charge on any atom is -0.444 e. The molecule has 0 fully saturated rings. The molecule has 6 nitrogen and oxygen atoms in total. The van der Waals surface area contributed by atoms with Crippen LogP contribution < -0.4 is 5.73 Å². The summed E-state index contributed by atoms with van der Waals surface area (Å²) in [6.07, 6.45) is 2.56. The molecule has 0 bridgehead atoms. The van der Waals surface area contributed by atoms with Gasteiger partial charge in [0, 0.05) is 12.1 Å². The zero-order valence-electron chi connectivity index (χ0n) is 10.9. The van der Waals surface area contributed by atoms with Crippen LogP contribution in [0.1, 0.15) is 24.3 Å². The van der Waals surface area contributed by atoms with E-state index in [2.05, 4.69) is 15.0 Å². The second kappa shape index (κ2) is 4.38. The first-order valence-electron chi connectivity index (χ1n) is 6.20. The molecule has 0 aliphatic rings. The van der Waals surface area contributed by atoms with E-state index in [9.17, 15) is 0 Å². The first-order chi connectivity index (χ1) is 9.17. The zero-order valence-corrected chi connectivity index (χ0v) is 10.9. The molecule has 3 aromatic heterocycles. The van der Waals surface area contributed by atoms with E-state index in [0.717, 1.165) is 29.0 Å². The van der Waals surface area contributed by atoms with E-state index < -0.39 is 0 Å². The van der Waals surface area contributed by atoms with E-state index in [0.29, 0.717) is 18.4 Å². The van der Waals surface area contributed by atoms with Crippen LogP contribution >= 0.6 is 0 Å². The van der Waals surface area contributed by atoms with Gasteiger partial charge < -0.3 is 10.2 Å². The van der Waals surface area contributed by atoms with Crippen LogP contribution in [0.15, 0.2) is 22.7 Å². The predicted octanol–water partition coefficient (Wildman–Crippen LogP) is 1.92. The monoisotopic (exact) mass is 257 g/mol. The molecule has 0 saturated carbocycles. The number of hydrogen-bond acceptors (Lipinski definition) is 5. The molecular formula is C13H15N5O. The third-order valence-corrected chi connectivity index (χ3v) is 3.00. The molecule has 0 aliphatic carbocycles. The Morgan fingerprint density at radius 1 is 1.32 bits per heavy atom. The van der Waals surface area contributed by atoms with Crippen molar-refractivity contribution in [2.24, 2.45) is 0 Å². The second-order valence-electron chi connectivity index (χ2n) is 4.43. The summed E-state index contributed by atoms with van der Waals surface area (Å²) < 4.78 is 7.41. The van der Waals surface area contributed by atoms with Crippen molar-refractivity contribution >= 4 is 17.1 Å². The molecule has 0 unspecified atom stereocenters. The van der Waals surface area contributed by atoms with Gasteiger partial charge in [0.1, 0.15) is 17.8 Å². The minimum atomic E-state index is 0.421. The number of fused-ring (bicyclic) bond motifs is 1. The molecule has 3 aromatic rings. The van der Waals surface area contributed by atoms with Crippen LogP contribution in [0.25, 0.3) is 11.2 Å². The third kappa shape index (κ3) is 2.05. The lowest BCUT2D eigenvalue weighted by atomic mass is 10.3. The lowest BCUT2D eigenvalue weighted by molar-refractivity contribution is 0.449. The SMILES string of the molecule is CCc1cnc(Cn2c(N)nc3ccc(C)nc32)o1. The highest BCUT2D eigenvalue weighted by Crippen LogP contribution is 2.18. The third-order valence-electron chi connectivity index (χ3n) is 3.00. The fourth-order valence-electron chi connectivity index (χ4n) is 1.99. The summed E-state index contributed by atoms with van der Waals surface area (Å²) in [5.74, 6) is 1.90. The largest absolute Gasteiger partial charge is 0.444 e. The lowest BCUT2D eigenvalue weighted by Gasteiger charge is -2.02. The number of nitrogens with zero attached hydrogens (tertiary/aromatic N) is 4. The van der Waals surface area contributed by atoms with Gasteiger partial charge in [-0.3, -0.25) is 4.57 Å². The van der Waals surface area contributed by atoms with Crippen molar-refractivity contribution < 1.29 is 4.42 Å². The Morgan fingerprint density at radius 3 is 2.89 bits per heavy atom. The van der Waals surface area contributed by atoms with Crippen LogP contribution in [0.4, 0.5) is 5.95 Å². The summed E-state index contributed by atoms with van der Waals surface area (Å²) in [5, 5.41) is 0. The first kappa shape index (κ1) is 11.7. The van der Waals surface area contributed by atoms with Crippen LogP contribution in [-0.2, 0) is 13.0 Å². The summed E-state index contributed by atoms with van der Waals surface area (Å²) in [6.45, 7) is 4.41. The standard InChI is InChI=1S/C13H15N5O/c1-3-9-6-15-11(19-9)7-18-12-10(17-13(18)14)5-4-8(2)16-12/h4-6H,3,7H2,1-2H3,(H2,14,17). The molecule has 0 radical (unpaired) electrons. The minimum absolute atomic E-state index is 0.421. The number of rotatable bonds is 3. The van der Waals surface area contributed by atoms with Gasteiger partial charge in [0.25, 0.3) is 0 Å². The second-order valence-corrected chi connectivity index (χ2v) is 4.43. The highest BCUT2D eigenvalue weighted by Gasteiger charge is 2.12. The van der Waals surface area contributed by atoms with Crippen molar-refractivity contribution in [3.63, 3.8) is 0 Å². The van der Waals surface area contributed by atoms with Crippen LogP contribution in [0.2, 0.25) is 0 Å². The van der Waals surface area contributed by atoms with Gasteiger partial charge in [-0.25, -0.2) is 15.0 Å². The van der Waals surface area contributed by atoms with Crippen molar-refractivity contribution in [2.45, 2.75) is 26.8 Å². The molecule has 0 amide bonds. The molecule has 3 heterocycles. The molecular weight excluding hydrogens is 242 g/mol. The summed E-state index contributed by atoms with van der Waals surface area (Å²) >= 11 is 0. The molecule has 0 saturated heterocycles. The molecule has 2 N–H and O–H groups in total. The Morgan fingerprint density at radius 2 is 2.16 bits per heavy atom. The maximum atomic E-state index is 5.93. The molecule has 19 heavy (non-hydrogen) atoms. The maximum absolute atomic E-state index is 5.93. The highest BCUT2D eigenvalue weighted by molar-refractivity contribution is 5.74. The predicted molar refractivity (Wildman–Crippen MR) is 71.7 cm³/mol. The smallest absolute Gasteiger partial charge is 0.214 e. The van der Waals surface area contributed by atoms with Crippen molar-refractivity contribution in [1.29, 1.82) is 0 Å². The average molecular weight is 257 g/mol. The summed E-state index contributed by atoms with van der Waals surface area (Å²) in [4.78, 5) is 13.0. The first-order valence-corrected chi connectivity index (χ1v) is 6.20. The molecule has 6 heteroatoms. The topological polar surface area (TPSA) is 82.8 Å². The van der Waals surface area contributed by atoms with Crippen molar-refractivity contribution in [3.8, 4) is 0 Å². The lowest BCUT2D eigenvalue weighted by Crippen LogP contribution is -2.05. The van der Waals surface area contributed by atoms with Crippen LogP contribution in [0.5, 0.6) is 0 Å².